The molecule has 0 fully saturated rings. The fourth-order valence-corrected chi connectivity index (χ4v) is 2.14. The van der Waals surface area contributed by atoms with Gasteiger partial charge in [-0.1, -0.05) is 0 Å². The van der Waals surface area contributed by atoms with Gasteiger partial charge in [0.15, 0.2) is 0 Å². The summed E-state index contributed by atoms with van der Waals surface area (Å²) in [5.74, 6) is 1.34. The normalized spacial score (nSPS) is 11.8. The topological polar surface area (TPSA) is 63.5 Å². The zero-order valence-electron chi connectivity index (χ0n) is 11.9. The van der Waals surface area contributed by atoms with Gasteiger partial charge in [0.05, 0.1) is 25.6 Å². The number of benzene rings is 1. The molecular weight excluding hydrogens is 336 g/mol. The summed E-state index contributed by atoms with van der Waals surface area (Å²) in [5, 5.41) is 5.96. The van der Waals surface area contributed by atoms with Gasteiger partial charge in [-0.3, -0.25) is 4.79 Å². The first kappa shape index (κ1) is 15.4. The van der Waals surface area contributed by atoms with Crippen molar-refractivity contribution in [2.24, 2.45) is 0 Å². The summed E-state index contributed by atoms with van der Waals surface area (Å²) in [6.45, 7) is 2.17. The summed E-state index contributed by atoms with van der Waals surface area (Å²) in [7, 11) is 1.60. The predicted octanol–water partition coefficient (Wildman–Crippen LogP) is 3.17. The highest BCUT2D eigenvalue weighted by atomic mass is 79.9. The summed E-state index contributed by atoms with van der Waals surface area (Å²) in [6.07, 6.45) is 1.58. The fraction of sp³-hybridized carbons (Fsp3) is 0.267. The zero-order valence-corrected chi connectivity index (χ0v) is 13.4. The molecule has 1 aromatic heterocycles. The van der Waals surface area contributed by atoms with Gasteiger partial charge in [0.25, 0.3) is 0 Å². The number of nitrogens with one attached hydrogen (secondary N) is 2. The number of methoxy groups -OCH3 is 1. The monoisotopic (exact) mass is 352 g/mol. The number of hydrogen-bond donors (Lipinski definition) is 2. The van der Waals surface area contributed by atoms with Crippen LogP contribution in [0.3, 0.4) is 0 Å². The Kier molecular flexibility index (Phi) is 5.27. The minimum Gasteiger partial charge on any atom is -0.497 e. The summed E-state index contributed by atoms with van der Waals surface area (Å²) in [4.78, 5) is 12.0. The van der Waals surface area contributed by atoms with Crippen molar-refractivity contribution < 1.29 is 13.9 Å². The lowest BCUT2D eigenvalue weighted by molar-refractivity contribution is -0.121. The smallest absolute Gasteiger partial charge is 0.242 e. The molecule has 1 aromatic carbocycles. The van der Waals surface area contributed by atoms with Gasteiger partial charge in [-0.15, -0.1) is 0 Å². The van der Waals surface area contributed by atoms with E-state index in [1.54, 1.807) is 26.4 Å². The first-order valence-corrected chi connectivity index (χ1v) is 7.29. The second-order valence-electron chi connectivity index (χ2n) is 4.51. The molecule has 2 rings (SSSR count). The molecule has 0 aliphatic carbocycles. The Morgan fingerprint density at radius 3 is 2.90 bits per heavy atom. The maximum atomic E-state index is 12.0. The van der Waals surface area contributed by atoms with Crippen molar-refractivity contribution in [3.05, 3.63) is 46.8 Å². The Balaban J connectivity index is 1.93. The van der Waals surface area contributed by atoms with Crippen LogP contribution in [0, 0.1) is 0 Å². The summed E-state index contributed by atoms with van der Waals surface area (Å²) in [5.41, 5.74) is 0.801. The Labute approximate surface area is 131 Å². The lowest BCUT2D eigenvalue weighted by Crippen LogP contribution is -2.37. The van der Waals surface area contributed by atoms with Gasteiger partial charge in [-0.2, -0.15) is 0 Å². The van der Waals surface area contributed by atoms with Gasteiger partial charge in [-0.25, -0.2) is 0 Å². The average Bonchev–Trinajstić information content (AvgIpc) is 3.00. The highest BCUT2D eigenvalue weighted by Gasteiger charge is 2.14. The van der Waals surface area contributed by atoms with E-state index in [1.807, 2.05) is 24.3 Å². The van der Waals surface area contributed by atoms with Crippen molar-refractivity contribution in [1.29, 1.82) is 0 Å². The SMILES string of the molecule is COc1ccc(Br)c(NC(C)C(=O)NCc2ccco2)c1. The molecular formula is C15H17BrN2O3. The number of carbonyl (C=O) groups is 1. The predicted molar refractivity (Wildman–Crippen MR) is 84.3 cm³/mol. The number of ether oxygens (including phenoxy) is 1. The van der Waals surface area contributed by atoms with Crippen LogP contribution in [0.4, 0.5) is 5.69 Å². The Bertz CT molecular complexity index is 599. The van der Waals surface area contributed by atoms with Crippen LogP contribution in [-0.4, -0.2) is 19.1 Å². The molecule has 2 N–H and O–H groups in total. The number of hydrogen-bond acceptors (Lipinski definition) is 4. The lowest BCUT2D eigenvalue weighted by atomic mass is 10.2. The Morgan fingerprint density at radius 2 is 2.24 bits per heavy atom. The molecule has 6 heteroatoms. The third kappa shape index (κ3) is 4.26. The van der Waals surface area contributed by atoms with Crippen molar-refractivity contribution in [2.75, 3.05) is 12.4 Å². The van der Waals surface area contributed by atoms with Crippen molar-refractivity contribution in [2.45, 2.75) is 19.5 Å². The van der Waals surface area contributed by atoms with Crippen molar-refractivity contribution in [3.8, 4) is 5.75 Å². The summed E-state index contributed by atoms with van der Waals surface area (Å²) < 4.78 is 11.2. The number of rotatable bonds is 6. The van der Waals surface area contributed by atoms with Gasteiger partial charge < -0.3 is 19.8 Å². The van der Waals surface area contributed by atoms with Gasteiger partial charge in [0.2, 0.25) is 5.91 Å². The van der Waals surface area contributed by atoms with Crippen LogP contribution in [-0.2, 0) is 11.3 Å². The molecule has 1 heterocycles. The van der Waals surface area contributed by atoms with Crippen LogP contribution in [0.15, 0.2) is 45.5 Å². The van der Waals surface area contributed by atoms with E-state index < -0.39 is 0 Å². The second-order valence-corrected chi connectivity index (χ2v) is 5.36. The summed E-state index contributed by atoms with van der Waals surface area (Å²) >= 11 is 3.44. The van der Waals surface area contributed by atoms with Crippen molar-refractivity contribution in [3.63, 3.8) is 0 Å². The van der Waals surface area contributed by atoms with E-state index in [9.17, 15) is 4.79 Å². The van der Waals surface area contributed by atoms with Crippen LogP contribution in [0.5, 0.6) is 5.75 Å². The third-order valence-corrected chi connectivity index (χ3v) is 3.65. The van der Waals surface area contributed by atoms with Crippen molar-refractivity contribution in [1.82, 2.24) is 5.32 Å². The largest absolute Gasteiger partial charge is 0.497 e. The number of halogens is 1. The van der Waals surface area contributed by atoms with Crippen LogP contribution < -0.4 is 15.4 Å². The molecule has 112 valence electrons. The van der Waals surface area contributed by atoms with E-state index in [0.29, 0.717) is 6.54 Å². The molecule has 2 aromatic rings. The van der Waals surface area contributed by atoms with E-state index in [-0.39, 0.29) is 11.9 Å². The molecule has 0 saturated heterocycles. The van der Waals surface area contributed by atoms with Gasteiger partial charge in [-0.05, 0) is 47.1 Å². The summed E-state index contributed by atoms with van der Waals surface area (Å²) in [6, 6.07) is 8.77. The number of furan rings is 1. The molecule has 0 aliphatic heterocycles. The molecule has 0 spiro atoms. The van der Waals surface area contributed by atoms with Gasteiger partial charge in [0, 0.05) is 10.5 Å². The maximum absolute atomic E-state index is 12.0. The third-order valence-electron chi connectivity index (χ3n) is 2.96. The Hall–Kier alpha value is -1.95. The van der Waals surface area contributed by atoms with E-state index >= 15 is 0 Å². The lowest BCUT2D eigenvalue weighted by Gasteiger charge is -2.16. The molecule has 5 nitrogen and oxygen atoms in total. The molecule has 0 radical (unpaired) electrons. The minimum atomic E-state index is -0.386. The first-order valence-electron chi connectivity index (χ1n) is 6.50. The van der Waals surface area contributed by atoms with E-state index in [4.69, 9.17) is 9.15 Å². The van der Waals surface area contributed by atoms with Gasteiger partial charge in [0.1, 0.15) is 17.6 Å². The average molecular weight is 353 g/mol. The van der Waals surface area contributed by atoms with E-state index in [0.717, 1.165) is 21.7 Å². The highest BCUT2D eigenvalue weighted by Crippen LogP contribution is 2.27. The van der Waals surface area contributed by atoms with Crippen molar-refractivity contribution >= 4 is 27.5 Å². The molecule has 0 bridgehead atoms. The van der Waals surface area contributed by atoms with Crippen LogP contribution in [0.25, 0.3) is 0 Å². The van der Waals surface area contributed by atoms with Crippen LogP contribution in [0.2, 0.25) is 0 Å². The number of carbonyl (C=O) groups excluding carboxylic acids is 1. The molecule has 21 heavy (non-hydrogen) atoms. The van der Waals surface area contributed by atoms with E-state index in [1.165, 1.54) is 0 Å². The second kappa shape index (κ2) is 7.17. The fourth-order valence-electron chi connectivity index (χ4n) is 1.78. The molecule has 1 atom stereocenters. The number of anilines is 1. The first-order chi connectivity index (χ1) is 10.1. The standard InChI is InChI=1S/C15H17BrN2O3/c1-10(15(19)17-9-12-4-3-7-21-12)18-14-8-11(20-2)5-6-13(14)16/h3-8,10,18H,9H2,1-2H3,(H,17,19). The van der Waals surface area contributed by atoms with Gasteiger partial charge >= 0.3 is 0 Å². The highest BCUT2D eigenvalue weighted by molar-refractivity contribution is 9.10. The molecule has 1 unspecified atom stereocenters. The zero-order chi connectivity index (χ0) is 15.2. The number of amides is 1. The quantitative estimate of drug-likeness (QED) is 0.837. The van der Waals surface area contributed by atoms with Crippen LogP contribution >= 0.6 is 15.9 Å². The maximum Gasteiger partial charge on any atom is 0.242 e. The molecule has 0 saturated carbocycles. The van der Waals surface area contributed by atoms with E-state index in [2.05, 4.69) is 26.6 Å². The minimum absolute atomic E-state index is 0.110. The molecule has 0 aliphatic rings. The Morgan fingerprint density at radius 1 is 1.43 bits per heavy atom. The van der Waals surface area contributed by atoms with Crippen LogP contribution in [0.1, 0.15) is 12.7 Å². The molecule has 1 amide bonds.